The average Bonchev–Trinajstić information content (AvgIpc) is 2.44. The van der Waals surface area contributed by atoms with Gasteiger partial charge in [0.1, 0.15) is 0 Å². The van der Waals surface area contributed by atoms with Crippen molar-refractivity contribution in [3.8, 4) is 0 Å². The van der Waals surface area contributed by atoms with Gasteiger partial charge >= 0.3 is 46.8 Å². The summed E-state index contributed by atoms with van der Waals surface area (Å²) in [7, 11) is -39.5. The summed E-state index contributed by atoms with van der Waals surface area (Å²) in [5.41, 5.74) is 0. The first-order valence-corrected chi connectivity index (χ1v) is 16.4. The van der Waals surface area contributed by atoms with E-state index in [1.807, 2.05) is 9.03 Å². The molecule has 0 bridgehead atoms. The Morgan fingerprint density at radius 2 is 0.767 bits per heavy atom. The van der Waals surface area contributed by atoms with Crippen LogP contribution in [0.5, 0.6) is 0 Å². The van der Waals surface area contributed by atoms with Crippen LogP contribution in [0.15, 0.2) is 27.1 Å². The molecule has 30 heavy (non-hydrogen) atoms. The molecule has 2 unspecified atom stereocenters. The predicted octanol–water partition coefficient (Wildman–Crippen LogP) is 12.2. The molecule has 0 aromatic heterocycles. The lowest BCUT2D eigenvalue weighted by molar-refractivity contribution is 0.315. The molecule has 0 N–H and O–H groups in total. The van der Waals surface area contributed by atoms with Crippen LogP contribution in [0.2, 0.25) is 0 Å². The Morgan fingerprint density at radius 3 is 1.13 bits per heavy atom. The van der Waals surface area contributed by atoms with Crippen LogP contribution in [0.3, 0.4) is 0 Å². The third-order valence-electron chi connectivity index (χ3n) is 2.22. The molecule has 0 aliphatic carbocycles. The molecule has 180 valence electrons. The zero-order chi connectivity index (χ0) is 23.5. The normalized spacial score (nSPS) is 32.4. The van der Waals surface area contributed by atoms with Gasteiger partial charge < -0.3 is 9.05 Å². The maximum absolute atomic E-state index is 14.8. The van der Waals surface area contributed by atoms with Crippen LogP contribution in [0.4, 0.5) is 42.0 Å². The number of nitrogens with zero attached hydrogens (tertiary/aromatic N) is 6. The van der Waals surface area contributed by atoms with E-state index in [0.717, 1.165) is 0 Å². The van der Waals surface area contributed by atoms with E-state index in [9.17, 15) is 42.0 Å². The molecule has 1 heterocycles. The molecule has 1 aliphatic rings. The molecule has 0 saturated heterocycles. The van der Waals surface area contributed by atoms with Crippen LogP contribution in [-0.4, -0.2) is 13.2 Å². The first kappa shape index (κ1) is 28.6. The fourth-order valence-electron chi connectivity index (χ4n) is 1.42. The lowest BCUT2D eigenvalue weighted by Crippen LogP contribution is -1.89. The van der Waals surface area contributed by atoms with Crippen molar-refractivity contribution in [1.29, 1.82) is 0 Å². The van der Waals surface area contributed by atoms with Gasteiger partial charge in [0, 0.05) is 0 Å². The molecule has 8 nitrogen and oxygen atoms in total. The Bertz CT molecular complexity index is 951. The van der Waals surface area contributed by atoms with Gasteiger partial charge in [-0.25, -0.2) is 0 Å². The minimum absolute atomic E-state index is 0.0871. The second kappa shape index (κ2) is 10.3. The SMILES string of the molecule is CCCOP1(F)=NP(F)(F)=NP(F)(F)=NP(F)(F)=NP(F)(F)=NP(F)(OCCC)=N1. The van der Waals surface area contributed by atoms with Gasteiger partial charge in [0.25, 0.3) is 0 Å². The minimum atomic E-state index is -6.98. The third kappa shape index (κ3) is 10.0. The zero-order valence-electron chi connectivity index (χ0n) is 14.8. The van der Waals surface area contributed by atoms with E-state index in [4.69, 9.17) is 0 Å². The fraction of sp³-hybridized carbons (Fsp3) is 1.00. The number of rotatable bonds is 6. The summed E-state index contributed by atoms with van der Waals surface area (Å²) in [6, 6.07) is 0. The lowest BCUT2D eigenvalue weighted by atomic mass is 10.5. The smallest absolute Gasteiger partial charge is 0.303 e. The van der Waals surface area contributed by atoms with Crippen molar-refractivity contribution in [2.24, 2.45) is 27.1 Å². The first-order valence-electron chi connectivity index (χ1n) is 7.45. The molecule has 1 aliphatic heterocycles. The van der Waals surface area contributed by atoms with Gasteiger partial charge in [-0.15, -0.1) is 60.7 Å². The van der Waals surface area contributed by atoms with Gasteiger partial charge in [-0.3, -0.25) is 0 Å². The summed E-state index contributed by atoms with van der Waals surface area (Å²) in [5, 5.41) is 0. The Hall–Kier alpha value is 0.600. The quantitative estimate of drug-likeness (QED) is 0.232. The molecule has 0 spiro atoms. The van der Waals surface area contributed by atoms with Crippen molar-refractivity contribution in [3.05, 3.63) is 0 Å². The largest absolute Gasteiger partial charge is 0.425 e. The molecular formula is C6H14F10N6O2P6. The highest BCUT2D eigenvalue weighted by Crippen LogP contribution is 2.82. The maximum atomic E-state index is 14.8. The van der Waals surface area contributed by atoms with E-state index in [-0.39, 0.29) is 12.8 Å². The molecule has 0 saturated carbocycles. The van der Waals surface area contributed by atoms with Crippen LogP contribution < -0.4 is 0 Å². The van der Waals surface area contributed by atoms with Crippen LogP contribution in [0.1, 0.15) is 26.7 Å². The Balaban J connectivity index is 4.12. The van der Waals surface area contributed by atoms with Gasteiger partial charge in [-0.2, -0.15) is 8.39 Å². The Morgan fingerprint density at radius 1 is 0.467 bits per heavy atom. The van der Waals surface area contributed by atoms with Gasteiger partial charge in [0.2, 0.25) is 0 Å². The van der Waals surface area contributed by atoms with E-state index < -0.39 is 60.0 Å². The van der Waals surface area contributed by atoms with Crippen molar-refractivity contribution >= 4 is 46.8 Å². The predicted molar refractivity (Wildman–Crippen MR) is 99.7 cm³/mol. The monoisotopic (exact) mass is 578 g/mol. The first-order chi connectivity index (χ1) is 13.4. The van der Waals surface area contributed by atoms with Gasteiger partial charge in [0.05, 0.1) is 13.2 Å². The maximum Gasteiger partial charge on any atom is 0.425 e. The minimum Gasteiger partial charge on any atom is -0.303 e. The second-order valence-electron chi connectivity index (χ2n) is 4.97. The van der Waals surface area contributed by atoms with E-state index in [0.29, 0.717) is 0 Å². The summed E-state index contributed by atoms with van der Waals surface area (Å²) in [6.45, 7) is 1.17. The van der Waals surface area contributed by atoms with Crippen LogP contribution in [-0.2, 0) is 9.05 Å². The summed E-state index contributed by atoms with van der Waals surface area (Å²) in [5.74, 6) is 0. The molecule has 0 amide bonds. The zero-order valence-corrected chi connectivity index (χ0v) is 20.2. The lowest BCUT2D eigenvalue weighted by Gasteiger charge is -2.17. The van der Waals surface area contributed by atoms with Crippen molar-refractivity contribution in [1.82, 2.24) is 0 Å². The standard InChI is InChI=1S/C6H14F10N6O2P6/c1-3-5-23-29(15)20-27(11,12)18-25(7,8)17-26(9,10)19-28(13,14)21-30(16,22-29)24-6-4-2/h3-6H2,1-2H3. The van der Waals surface area contributed by atoms with Gasteiger partial charge in [-0.1, -0.05) is 13.8 Å². The Labute approximate surface area is 165 Å². The van der Waals surface area contributed by atoms with Gasteiger partial charge in [-0.05, 0) is 12.8 Å². The average molecular weight is 578 g/mol. The molecule has 0 radical (unpaired) electrons. The van der Waals surface area contributed by atoms with Crippen LogP contribution >= 0.6 is 46.8 Å². The molecular weight excluding hydrogens is 564 g/mol. The van der Waals surface area contributed by atoms with Crippen LogP contribution in [0.25, 0.3) is 0 Å². The summed E-state index contributed by atoms with van der Waals surface area (Å²) in [4.78, 5) is 0. The van der Waals surface area contributed by atoms with Crippen molar-refractivity contribution < 1.29 is 51.0 Å². The van der Waals surface area contributed by atoms with E-state index in [1.165, 1.54) is 27.4 Å². The topological polar surface area (TPSA) is 92.6 Å². The Kier molecular flexibility index (Phi) is 9.78. The molecule has 0 aromatic rings. The molecule has 0 fully saturated rings. The summed E-state index contributed by atoms with van der Waals surface area (Å²) >= 11 is 0. The molecule has 1 rings (SSSR count). The van der Waals surface area contributed by atoms with Crippen LogP contribution in [0, 0.1) is 0 Å². The summed E-state index contributed by atoms with van der Waals surface area (Å²) in [6.07, 6.45) is -0.174. The number of halogens is 10. The van der Waals surface area contributed by atoms with E-state index >= 15 is 0 Å². The molecule has 2 atom stereocenters. The van der Waals surface area contributed by atoms with Gasteiger partial charge in [0.15, 0.2) is 0 Å². The highest BCUT2D eigenvalue weighted by atomic mass is 31.3. The highest BCUT2D eigenvalue weighted by molar-refractivity contribution is 7.78. The van der Waals surface area contributed by atoms with E-state index in [2.05, 4.69) is 13.6 Å². The number of hydrogen-bond donors (Lipinski definition) is 0. The van der Waals surface area contributed by atoms with Crippen molar-refractivity contribution in [2.45, 2.75) is 26.7 Å². The molecule has 0 aromatic carbocycles. The molecule has 24 heteroatoms. The highest BCUT2D eigenvalue weighted by Gasteiger charge is 2.40. The van der Waals surface area contributed by atoms with Crippen molar-refractivity contribution in [3.63, 3.8) is 0 Å². The number of hydrogen-bond acceptors (Lipinski definition) is 8. The second-order valence-corrected chi connectivity index (χ2v) is 15.3. The van der Waals surface area contributed by atoms with Crippen molar-refractivity contribution in [2.75, 3.05) is 13.2 Å². The summed E-state index contributed by atoms with van der Waals surface area (Å²) < 4.78 is 158. The third-order valence-corrected chi connectivity index (χ3v) is 13.7. The fourth-order valence-corrected chi connectivity index (χ4v) is 12.2. The van der Waals surface area contributed by atoms with E-state index in [1.54, 1.807) is 0 Å².